The number of anilines is 1. The molecular weight excluding hydrogens is 278 g/mol. The van der Waals surface area contributed by atoms with Gasteiger partial charge in [-0.05, 0) is 50.3 Å². The molecule has 118 valence electrons. The van der Waals surface area contributed by atoms with Crippen LogP contribution in [-0.2, 0) is 0 Å². The van der Waals surface area contributed by atoms with Crippen molar-refractivity contribution in [1.29, 1.82) is 0 Å². The molecular formula is C22H25N. The summed E-state index contributed by atoms with van der Waals surface area (Å²) in [6.07, 6.45) is 19.7. The van der Waals surface area contributed by atoms with Gasteiger partial charge in [0.15, 0.2) is 0 Å². The van der Waals surface area contributed by atoms with Gasteiger partial charge in [0.1, 0.15) is 0 Å². The summed E-state index contributed by atoms with van der Waals surface area (Å²) in [5, 5.41) is 0. The summed E-state index contributed by atoms with van der Waals surface area (Å²) in [6, 6.07) is 10.3. The molecule has 0 heterocycles. The number of rotatable bonds is 8. The normalized spacial score (nSPS) is 13.1. The van der Waals surface area contributed by atoms with E-state index in [-0.39, 0.29) is 0 Å². The smallest absolute Gasteiger partial charge is 0.0461 e. The molecule has 0 spiro atoms. The maximum Gasteiger partial charge on any atom is 0.0461 e. The highest BCUT2D eigenvalue weighted by molar-refractivity contribution is 5.63. The van der Waals surface area contributed by atoms with Crippen LogP contribution in [0.15, 0.2) is 116 Å². The molecule has 0 aliphatic heterocycles. The highest BCUT2D eigenvalue weighted by Crippen LogP contribution is 2.26. The quantitative estimate of drug-likeness (QED) is 0.506. The van der Waals surface area contributed by atoms with Crippen molar-refractivity contribution in [3.63, 3.8) is 0 Å². The van der Waals surface area contributed by atoms with E-state index in [4.69, 9.17) is 0 Å². The highest BCUT2D eigenvalue weighted by atomic mass is 15.1. The first-order chi connectivity index (χ1) is 11.3. The Morgan fingerprint density at radius 2 is 1.57 bits per heavy atom. The fraction of sp³-hybridized carbons (Fsp3) is 0.0909. The van der Waals surface area contributed by atoms with Crippen LogP contribution < -0.4 is 4.90 Å². The van der Waals surface area contributed by atoms with Crippen LogP contribution in [0.4, 0.5) is 5.69 Å². The lowest BCUT2D eigenvalue weighted by atomic mass is 10.2. The summed E-state index contributed by atoms with van der Waals surface area (Å²) in [5.41, 5.74) is 3.14. The van der Waals surface area contributed by atoms with Gasteiger partial charge in [-0.2, -0.15) is 0 Å². The van der Waals surface area contributed by atoms with Crippen molar-refractivity contribution in [3.8, 4) is 0 Å². The predicted octanol–water partition coefficient (Wildman–Crippen LogP) is 6.34. The predicted molar refractivity (Wildman–Crippen MR) is 104 cm³/mol. The number of nitrogens with zero attached hydrogens (tertiary/aromatic N) is 1. The number of hydrogen-bond acceptors (Lipinski definition) is 1. The van der Waals surface area contributed by atoms with Gasteiger partial charge in [-0.1, -0.05) is 67.8 Å². The maximum atomic E-state index is 3.97. The van der Waals surface area contributed by atoms with E-state index in [1.807, 2.05) is 74.6 Å². The zero-order chi connectivity index (χ0) is 16.9. The van der Waals surface area contributed by atoms with Crippen molar-refractivity contribution in [2.45, 2.75) is 13.8 Å². The fourth-order valence-corrected chi connectivity index (χ4v) is 2.06. The monoisotopic (exact) mass is 303 g/mol. The summed E-state index contributed by atoms with van der Waals surface area (Å²) in [5.74, 6) is 0. The first-order valence-corrected chi connectivity index (χ1v) is 7.71. The Labute approximate surface area is 140 Å². The zero-order valence-corrected chi connectivity index (χ0v) is 14.0. The van der Waals surface area contributed by atoms with Crippen molar-refractivity contribution in [3.05, 3.63) is 116 Å². The highest BCUT2D eigenvalue weighted by Gasteiger charge is 2.12. The Kier molecular flexibility index (Phi) is 8.62. The molecule has 1 aromatic rings. The van der Waals surface area contributed by atoms with Crippen molar-refractivity contribution < 1.29 is 0 Å². The Morgan fingerprint density at radius 3 is 2.13 bits per heavy atom. The van der Waals surface area contributed by atoms with Crippen LogP contribution in [0.3, 0.4) is 0 Å². The Balaban J connectivity index is 3.47. The molecule has 1 heteroatoms. The minimum Gasteiger partial charge on any atom is -0.311 e. The van der Waals surface area contributed by atoms with E-state index >= 15 is 0 Å². The summed E-state index contributed by atoms with van der Waals surface area (Å²) < 4.78 is 0. The minimum atomic E-state index is 0.989. The molecule has 23 heavy (non-hydrogen) atoms. The zero-order valence-electron chi connectivity index (χ0n) is 14.0. The second-order valence-corrected chi connectivity index (χ2v) is 4.70. The summed E-state index contributed by atoms with van der Waals surface area (Å²) >= 11 is 0. The van der Waals surface area contributed by atoms with Crippen LogP contribution in [-0.4, -0.2) is 0 Å². The van der Waals surface area contributed by atoms with Crippen LogP contribution >= 0.6 is 0 Å². The van der Waals surface area contributed by atoms with Gasteiger partial charge in [-0.3, -0.25) is 0 Å². The van der Waals surface area contributed by atoms with Crippen molar-refractivity contribution in [2.75, 3.05) is 4.90 Å². The van der Waals surface area contributed by atoms with Crippen molar-refractivity contribution >= 4 is 5.69 Å². The minimum absolute atomic E-state index is 0.989. The van der Waals surface area contributed by atoms with E-state index in [1.54, 1.807) is 6.08 Å². The topological polar surface area (TPSA) is 3.24 Å². The molecule has 0 amide bonds. The van der Waals surface area contributed by atoms with Crippen LogP contribution in [0, 0.1) is 0 Å². The van der Waals surface area contributed by atoms with E-state index < -0.39 is 0 Å². The van der Waals surface area contributed by atoms with E-state index in [2.05, 4.69) is 42.3 Å². The molecule has 0 radical (unpaired) electrons. The second kappa shape index (κ2) is 10.9. The Bertz CT molecular complexity index is 640. The van der Waals surface area contributed by atoms with E-state index in [0.29, 0.717) is 0 Å². The number of hydrogen-bond donors (Lipinski definition) is 0. The van der Waals surface area contributed by atoms with Crippen LogP contribution in [0.5, 0.6) is 0 Å². The van der Waals surface area contributed by atoms with Gasteiger partial charge in [0.2, 0.25) is 0 Å². The molecule has 1 aromatic carbocycles. The lowest BCUT2D eigenvalue weighted by Crippen LogP contribution is -2.19. The second-order valence-electron chi connectivity index (χ2n) is 4.70. The molecule has 0 fully saturated rings. The van der Waals surface area contributed by atoms with Gasteiger partial charge in [0.05, 0.1) is 0 Å². The summed E-state index contributed by atoms with van der Waals surface area (Å²) in [7, 11) is 0. The van der Waals surface area contributed by atoms with Gasteiger partial charge in [-0.25, -0.2) is 0 Å². The van der Waals surface area contributed by atoms with E-state index in [0.717, 1.165) is 17.1 Å². The first kappa shape index (κ1) is 18.2. The first-order valence-electron chi connectivity index (χ1n) is 7.71. The molecule has 0 aromatic heterocycles. The molecule has 0 atom stereocenters. The average molecular weight is 303 g/mol. The number of allylic oxidation sites excluding steroid dienone is 10. The third-order valence-corrected chi connectivity index (χ3v) is 3.05. The van der Waals surface area contributed by atoms with Crippen LogP contribution in [0.25, 0.3) is 0 Å². The van der Waals surface area contributed by atoms with Crippen molar-refractivity contribution in [1.82, 2.24) is 0 Å². The molecule has 1 rings (SSSR count). The van der Waals surface area contributed by atoms with Crippen LogP contribution in [0.1, 0.15) is 13.8 Å². The standard InChI is InChI=1S/C22H25N/c1-5-9-12-17-20(8-4)23(22-18-13-11-14-19-22)21(15-7-3)16-10-6-2/h5-19H,1,4H2,2-3H3/b10-6-,12-9-,15-7-,20-17+,21-16+. The molecule has 0 unspecified atom stereocenters. The van der Waals surface area contributed by atoms with E-state index in [9.17, 15) is 0 Å². The molecule has 0 aliphatic rings. The molecule has 0 N–H and O–H groups in total. The number of para-hydroxylation sites is 1. The maximum absolute atomic E-state index is 3.97. The molecule has 0 saturated carbocycles. The molecule has 0 bridgehead atoms. The number of benzene rings is 1. The Hall–Kier alpha value is -2.80. The molecule has 0 aliphatic carbocycles. The molecule has 1 nitrogen and oxygen atoms in total. The van der Waals surface area contributed by atoms with Gasteiger partial charge >= 0.3 is 0 Å². The van der Waals surface area contributed by atoms with Crippen molar-refractivity contribution in [2.24, 2.45) is 0 Å². The van der Waals surface area contributed by atoms with Gasteiger partial charge < -0.3 is 4.90 Å². The van der Waals surface area contributed by atoms with Gasteiger partial charge in [0, 0.05) is 17.1 Å². The van der Waals surface area contributed by atoms with E-state index in [1.165, 1.54) is 0 Å². The molecule has 0 saturated heterocycles. The lowest BCUT2D eigenvalue weighted by molar-refractivity contribution is 1.14. The summed E-state index contributed by atoms with van der Waals surface area (Å²) in [4.78, 5) is 2.17. The van der Waals surface area contributed by atoms with Gasteiger partial charge in [-0.15, -0.1) is 0 Å². The largest absolute Gasteiger partial charge is 0.311 e. The third kappa shape index (κ3) is 5.84. The van der Waals surface area contributed by atoms with Crippen LogP contribution in [0.2, 0.25) is 0 Å². The lowest BCUT2D eigenvalue weighted by Gasteiger charge is -2.27. The fourth-order valence-electron chi connectivity index (χ4n) is 2.06. The summed E-state index contributed by atoms with van der Waals surface area (Å²) in [6.45, 7) is 11.7. The average Bonchev–Trinajstić information content (AvgIpc) is 2.59. The Morgan fingerprint density at radius 1 is 0.870 bits per heavy atom. The SMILES string of the molecule is C=C/C=C\C=C(/C=C)N(C(/C=C\C)=C/C=C\C)c1ccccc1. The van der Waals surface area contributed by atoms with Gasteiger partial charge in [0.25, 0.3) is 0 Å². The third-order valence-electron chi connectivity index (χ3n) is 3.05.